The van der Waals surface area contributed by atoms with Crippen molar-refractivity contribution >= 4 is 24.5 Å². The van der Waals surface area contributed by atoms with Crippen molar-refractivity contribution in [2.45, 2.75) is 44.9 Å². The Morgan fingerprint density at radius 1 is 0.951 bits per heavy atom. The fraction of sp³-hybridized carbons (Fsp3) is 0.281. The highest BCUT2D eigenvalue weighted by Crippen LogP contribution is 2.47. The quantitative estimate of drug-likeness (QED) is 0.129. The average molecular weight is 577 g/mol. The average Bonchev–Trinajstić information content (AvgIpc) is 2.99. The lowest BCUT2D eigenvalue weighted by Gasteiger charge is -2.30. The summed E-state index contributed by atoms with van der Waals surface area (Å²) in [6.07, 6.45) is 0.959. The number of fused-ring (bicyclic) bond motifs is 1. The molecule has 4 N–H and O–H groups in total. The number of benzene rings is 4. The molecular weight excluding hydrogens is 539 g/mol. The summed E-state index contributed by atoms with van der Waals surface area (Å²) in [6.45, 7) is 2.92. The van der Waals surface area contributed by atoms with Crippen molar-refractivity contribution in [1.29, 1.82) is 0 Å². The van der Waals surface area contributed by atoms with Crippen molar-refractivity contribution in [1.82, 2.24) is 5.09 Å². The third kappa shape index (κ3) is 8.73. The second kappa shape index (κ2) is 13.9. The molecule has 0 aliphatic heterocycles. The van der Waals surface area contributed by atoms with Crippen LogP contribution in [0, 0.1) is 6.92 Å². The lowest BCUT2D eigenvalue weighted by Crippen LogP contribution is -2.49. The van der Waals surface area contributed by atoms with Gasteiger partial charge < -0.3 is 20.1 Å². The second-order valence-corrected chi connectivity index (χ2v) is 12.0. The molecule has 0 saturated carbocycles. The van der Waals surface area contributed by atoms with Crippen molar-refractivity contribution in [2.24, 2.45) is 5.73 Å². The van der Waals surface area contributed by atoms with Gasteiger partial charge >= 0.3 is 13.7 Å². The van der Waals surface area contributed by atoms with Gasteiger partial charge in [-0.15, -0.1) is 0 Å². The number of carbonyl (C=O) groups excluding carboxylic acids is 1. The zero-order chi connectivity index (χ0) is 29.3. The molecule has 4 rings (SSSR count). The van der Waals surface area contributed by atoms with Crippen LogP contribution in [0.15, 0.2) is 97.1 Å². The van der Waals surface area contributed by atoms with Crippen LogP contribution in [0.4, 0.5) is 0 Å². The first-order chi connectivity index (χ1) is 19.7. The van der Waals surface area contributed by atoms with E-state index in [1.54, 1.807) is 12.1 Å². The summed E-state index contributed by atoms with van der Waals surface area (Å²) in [6, 6.07) is 29.1. The summed E-state index contributed by atoms with van der Waals surface area (Å²) in [5.41, 5.74) is 8.32. The number of rotatable bonds is 14. The third-order valence-electron chi connectivity index (χ3n) is 6.77. The van der Waals surface area contributed by atoms with E-state index in [0.29, 0.717) is 18.6 Å². The standard InChI is InChI=1S/C32H37N2O6P/c1-24-15-17-26(18-16-24)19-20-32(33,22-35)23-39-41(37,40-30-14-8-12-28-11-6-7-13-29(28)30)34-25(2)31(36)38-21-27-9-4-3-5-10-27/h3-18,25,35H,19-23,33H2,1-2H3,(H,34,37)/t25-,32?,41?/m1/s1. The van der Waals surface area contributed by atoms with Crippen LogP contribution < -0.4 is 15.3 Å². The highest BCUT2D eigenvalue weighted by molar-refractivity contribution is 7.52. The second-order valence-electron chi connectivity index (χ2n) is 10.3. The first-order valence-electron chi connectivity index (χ1n) is 13.5. The van der Waals surface area contributed by atoms with E-state index in [2.05, 4.69) is 5.09 Å². The number of nitrogens with two attached hydrogens (primary N) is 1. The van der Waals surface area contributed by atoms with Crippen molar-refractivity contribution < 1.29 is 28.3 Å². The minimum absolute atomic E-state index is 0.0659. The predicted molar refractivity (Wildman–Crippen MR) is 160 cm³/mol. The predicted octanol–water partition coefficient (Wildman–Crippen LogP) is 5.70. The minimum Gasteiger partial charge on any atom is -0.460 e. The molecule has 0 saturated heterocycles. The number of esters is 1. The number of nitrogens with one attached hydrogen (secondary N) is 1. The van der Waals surface area contributed by atoms with Gasteiger partial charge in [-0.2, -0.15) is 5.09 Å². The van der Waals surface area contributed by atoms with Gasteiger partial charge in [-0.1, -0.05) is 96.6 Å². The smallest absolute Gasteiger partial charge is 0.459 e. The van der Waals surface area contributed by atoms with Crippen LogP contribution in [0.1, 0.15) is 30.0 Å². The summed E-state index contributed by atoms with van der Waals surface area (Å²) in [4.78, 5) is 12.8. The summed E-state index contributed by atoms with van der Waals surface area (Å²) < 4.78 is 31.5. The fourth-order valence-corrected chi connectivity index (χ4v) is 5.80. The zero-order valence-corrected chi connectivity index (χ0v) is 24.3. The maximum absolute atomic E-state index is 14.2. The molecule has 41 heavy (non-hydrogen) atoms. The molecule has 0 bridgehead atoms. The maximum Gasteiger partial charge on any atom is 0.459 e. The summed E-state index contributed by atoms with van der Waals surface area (Å²) in [5, 5.41) is 14.5. The van der Waals surface area contributed by atoms with E-state index in [1.165, 1.54) is 6.92 Å². The normalized spacial score (nSPS) is 15.0. The Labute approximate surface area is 241 Å². The Balaban J connectivity index is 1.50. The Morgan fingerprint density at radius 3 is 2.37 bits per heavy atom. The monoisotopic (exact) mass is 576 g/mol. The largest absolute Gasteiger partial charge is 0.460 e. The molecule has 0 amide bonds. The van der Waals surface area contributed by atoms with Crippen LogP contribution in [0.25, 0.3) is 10.8 Å². The Kier molecular flexibility index (Phi) is 10.3. The molecule has 0 heterocycles. The SMILES string of the molecule is Cc1ccc(CCC(N)(CO)COP(=O)(N[C@H](C)C(=O)OCc2ccccc2)Oc2cccc3ccccc23)cc1. The van der Waals surface area contributed by atoms with Gasteiger partial charge in [-0.25, -0.2) is 4.57 Å². The van der Waals surface area contributed by atoms with Crippen molar-refractivity contribution in [3.05, 3.63) is 114 Å². The van der Waals surface area contributed by atoms with Gasteiger partial charge in [-0.3, -0.25) is 9.32 Å². The van der Waals surface area contributed by atoms with E-state index in [1.807, 2.05) is 91.9 Å². The molecule has 0 fully saturated rings. The number of aliphatic hydroxyl groups excluding tert-OH is 1. The molecule has 2 unspecified atom stereocenters. The highest BCUT2D eigenvalue weighted by Gasteiger charge is 2.36. The fourth-order valence-electron chi connectivity index (χ4n) is 4.20. The molecule has 9 heteroatoms. The van der Waals surface area contributed by atoms with Crippen molar-refractivity contribution in [3.63, 3.8) is 0 Å². The van der Waals surface area contributed by atoms with E-state index in [4.69, 9.17) is 19.5 Å². The van der Waals surface area contributed by atoms with Crippen LogP contribution in [0.2, 0.25) is 0 Å². The molecule has 3 atom stereocenters. The van der Waals surface area contributed by atoms with E-state index in [9.17, 15) is 14.5 Å². The van der Waals surface area contributed by atoms with E-state index in [0.717, 1.165) is 27.5 Å². The van der Waals surface area contributed by atoms with Gasteiger partial charge in [0.1, 0.15) is 18.4 Å². The lowest BCUT2D eigenvalue weighted by molar-refractivity contribution is -0.146. The number of aryl methyl sites for hydroxylation is 2. The number of hydrogen-bond acceptors (Lipinski definition) is 7. The lowest BCUT2D eigenvalue weighted by atomic mass is 9.94. The van der Waals surface area contributed by atoms with Gasteiger partial charge in [0.05, 0.1) is 18.8 Å². The number of carbonyl (C=O) groups is 1. The number of hydrogen-bond donors (Lipinski definition) is 3. The minimum atomic E-state index is -4.20. The van der Waals surface area contributed by atoms with Gasteiger partial charge in [0.2, 0.25) is 0 Å². The van der Waals surface area contributed by atoms with Crippen molar-refractivity contribution in [2.75, 3.05) is 13.2 Å². The van der Waals surface area contributed by atoms with Crippen LogP contribution in [0.5, 0.6) is 5.75 Å². The molecule has 216 valence electrons. The van der Waals surface area contributed by atoms with Crippen LogP contribution in [-0.2, 0) is 31.6 Å². The maximum atomic E-state index is 14.2. The molecule has 0 radical (unpaired) electrons. The molecule has 0 spiro atoms. The van der Waals surface area contributed by atoms with Gasteiger partial charge in [0, 0.05) is 5.39 Å². The number of aliphatic hydroxyl groups is 1. The first kappa shape index (κ1) is 30.4. The van der Waals surface area contributed by atoms with E-state index >= 15 is 0 Å². The Bertz CT molecular complexity index is 1480. The highest BCUT2D eigenvalue weighted by atomic mass is 31.2. The molecule has 0 aliphatic carbocycles. The van der Waals surface area contributed by atoms with Gasteiger partial charge in [-0.05, 0) is 49.3 Å². The van der Waals surface area contributed by atoms with Crippen LogP contribution >= 0.6 is 7.75 Å². The first-order valence-corrected chi connectivity index (χ1v) is 15.1. The summed E-state index contributed by atoms with van der Waals surface area (Å²) >= 11 is 0. The molecular formula is C32H37N2O6P. The topological polar surface area (TPSA) is 120 Å². The molecule has 0 aliphatic rings. The van der Waals surface area contributed by atoms with Crippen molar-refractivity contribution in [3.8, 4) is 5.75 Å². The van der Waals surface area contributed by atoms with Crippen LogP contribution in [-0.4, -0.2) is 35.9 Å². The van der Waals surface area contributed by atoms with E-state index in [-0.39, 0.29) is 13.2 Å². The van der Waals surface area contributed by atoms with Gasteiger partial charge in [0.15, 0.2) is 0 Å². The Morgan fingerprint density at radius 2 is 1.63 bits per heavy atom. The number of ether oxygens (including phenoxy) is 1. The molecule has 8 nitrogen and oxygen atoms in total. The van der Waals surface area contributed by atoms with Crippen LogP contribution in [0.3, 0.4) is 0 Å². The third-order valence-corrected chi connectivity index (χ3v) is 8.38. The Hall–Kier alpha value is -3.52. The molecule has 4 aromatic carbocycles. The zero-order valence-electron chi connectivity index (χ0n) is 23.4. The summed E-state index contributed by atoms with van der Waals surface area (Å²) in [5.74, 6) is -0.310. The van der Waals surface area contributed by atoms with E-state index < -0.39 is 31.9 Å². The molecule has 0 aromatic heterocycles. The summed E-state index contributed by atoms with van der Waals surface area (Å²) in [7, 11) is -4.20. The molecule has 4 aromatic rings. The van der Waals surface area contributed by atoms with Gasteiger partial charge in [0.25, 0.3) is 0 Å².